The molecule has 0 unspecified atom stereocenters. The predicted molar refractivity (Wildman–Crippen MR) is 81.5 cm³/mol. The third-order valence-electron chi connectivity index (χ3n) is 2.80. The quantitative estimate of drug-likeness (QED) is 0.859. The van der Waals surface area contributed by atoms with E-state index in [-0.39, 0.29) is 17.5 Å². The van der Waals surface area contributed by atoms with E-state index in [1.807, 2.05) is 30.3 Å². The van der Waals surface area contributed by atoms with Crippen molar-refractivity contribution < 1.29 is 9.53 Å². The van der Waals surface area contributed by atoms with Crippen molar-refractivity contribution in [3.8, 4) is 0 Å². The summed E-state index contributed by atoms with van der Waals surface area (Å²) in [5.41, 5.74) is 1.73. The largest absolute Gasteiger partial charge is 0.461 e. The number of ether oxygens (including phenoxy) is 1. The van der Waals surface area contributed by atoms with Crippen molar-refractivity contribution in [1.82, 2.24) is 9.97 Å². The molecule has 21 heavy (non-hydrogen) atoms. The third-order valence-corrected chi connectivity index (χ3v) is 3.06. The predicted octanol–water partition coefficient (Wildman–Crippen LogP) is 3.23. The molecule has 5 nitrogen and oxygen atoms in total. The molecule has 0 aliphatic rings. The van der Waals surface area contributed by atoms with Crippen LogP contribution in [0, 0.1) is 6.92 Å². The molecule has 2 aromatic rings. The number of hydrogen-bond acceptors (Lipinski definition) is 5. The monoisotopic (exact) mass is 305 g/mol. The first-order valence-electron chi connectivity index (χ1n) is 6.61. The van der Waals surface area contributed by atoms with Crippen LogP contribution in [-0.2, 0) is 11.3 Å². The van der Waals surface area contributed by atoms with E-state index < -0.39 is 5.97 Å². The summed E-state index contributed by atoms with van der Waals surface area (Å²) in [4.78, 5) is 20.1. The van der Waals surface area contributed by atoms with E-state index in [0.29, 0.717) is 18.1 Å². The second-order valence-corrected chi connectivity index (χ2v) is 4.71. The maximum Gasteiger partial charge on any atom is 0.358 e. The molecule has 0 atom stereocenters. The van der Waals surface area contributed by atoms with Gasteiger partial charge in [0, 0.05) is 6.54 Å². The number of nitrogens with zero attached hydrogens (tertiary/aromatic N) is 2. The molecule has 0 amide bonds. The van der Waals surface area contributed by atoms with Gasteiger partial charge in [-0.3, -0.25) is 0 Å². The molecule has 0 radical (unpaired) electrons. The van der Waals surface area contributed by atoms with Crippen LogP contribution in [0.1, 0.15) is 28.7 Å². The minimum atomic E-state index is -0.515. The van der Waals surface area contributed by atoms with Crippen LogP contribution >= 0.6 is 11.6 Å². The van der Waals surface area contributed by atoms with Crippen molar-refractivity contribution in [3.05, 3.63) is 52.4 Å². The topological polar surface area (TPSA) is 64.1 Å². The van der Waals surface area contributed by atoms with Crippen LogP contribution in [-0.4, -0.2) is 22.5 Å². The van der Waals surface area contributed by atoms with Gasteiger partial charge in [0.05, 0.1) is 12.3 Å². The highest BCUT2D eigenvalue weighted by atomic mass is 35.5. The van der Waals surface area contributed by atoms with Gasteiger partial charge in [0.2, 0.25) is 0 Å². The van der Waals surface area contributed by atoms with Gasteiger partial charge in [-0.05, 0) is 19.4 Å². The Hall–Kier alpha value is -2.14. The fraction of sp³-hybridized carbons (Fsp3) is 0.267. The van der Waals surface area contributed by atoms with Crippen LogP contribution < -0.4 is 5.32 Å². The standard InChI is InChI=1S/C15H16ClN3O2/c1-3-21-15(20)12-10(2)18-14(13(16)19-12)17-9-11-7-5-4-6-8-11/h4-8H,3,9H2,1-2H3,(H,17,18). The Bertz CT molecular complexity index is 632. The average Bonchev–Trinajstić information content (AvgIpc) is 2.49. The lowest BCUT2D eigenvalue weighted by Gasteiger charge is -2.10. The van der Waals surface area contributed by atoms with E-state index in [2.05, 4.69) is 15.3 Å². The number of carbonyl (C=O) groups excluding carboxylic acids is 1. The summed E-state index contributed by atoms with van der Waals surface area (Å²) in [6.45, 7) is 4.29. The van der Waals surface area contributed by atoms with E-state index in [0.717, 1.165) is 5.56 Å². The second kappa shape index (κ2) is 7.04. The van der Waals surface area contributed by atoms with Gasteiger partial charge in [-0.2, -0.15) is 0 Å². The Labute approximate surface area is 128 Å². The molecule has 1 N–H and O–H groups in total. The molecule has 0 aliphatic carbocycles. The zero-order valence-corrected chi connectivity index (χ0v) is 12.6. The zero-order valence-electron chi connectivity index (χ0n) is 11.9. The molecule has 2 rings (SSSR count). The highest BCUT2D eigenvalue weighted by Crippen LogP contribution is 2.20. The number of halogens is 1. The summed E-state index contributed by atoms with van der Waals surface area (Å²) in [5, 5.41) is 3.26. The first kappa shape index (κ1) is 15.3. The van der Waals surface area contributed by atoms with Crippen molar-refractivity contribution in [3.63, 3.8) is 0 Å². The van der Waals surface area contributed by atoms with Crippen molar-refractivity contribution in [2.75, 3.05) is 11.9 Å². The number of hydrogen-bond donors (Lipinski definition) is 1. The number of aromatic nitrogens is 2. The fourth-order valence-electron chi connectivity index (χ4n) is 1.79. The van der Waals surface area contributed by atoms with Crippen molar-refractivity contribution in [2.24, 2.45) is 0 Å². The number of esters is 1. The molecule has 0 aliphatic heterocycles. The Balaban J connectivity index is 2.14. The minimum Gasteiger partial charge on any atom is -0.461 e. The summed E-state index contributed by atoms with van der Waals surface area (Å²) in [6.07, 6.45) is 0. The van der Waals surface area contributed by atoms with Gasteiger partial charge in [0.1, 0.15) is 0 Å². The third kappa shape index (κ3) is 3.92. The van der Waals surface area contributed by atoms with Gasteiger partial charge in [-0.25, -0.2) is 14.8 Å². The van der Waals surface area contributed by atoms with Crippen LogP contribution in [0.5, 0.6) is 0 Å². The molecule has 0 spiro atoms. The van der Waals surface area contributed by atoms with E-state index in [1.165, 1.54) is 0 Å². The molecule has 1 heterocycles. The van der Waals surface area contributed by atoms with Crippen LogP contribution in [0.25, 0.3) is 0 Å². The van der Waals surface area contributed by atoms with Crippen LogP contribution in [0.2, 0.25) is 5.15 Å². The van der Waals surface area contributed by atoms with Crippen LogP contribution in [0.3, 0.4) is 0 Å². The first-order chi connectivity index (χ1) is 10.1. The summed E-state index contributed by atoms with van der Waals surface area (Å²) >= 11 is 6.07. The molecule has 0 saturated carbocycles. The molecule has 0 bridgehead atoms. The Kier molecular flexibility index (Phi) is 5.11. The SMILES string of the molecule is CCOC(=O)c1nc(Cl)c(NCc2ccccc2)nc1C. The van der Waals surface area contributed by atoms with Crippen molar-refractivity contribution in [1.29, 1.82) is 0 Å². The number of carbonyl (C=O) groups is 1. The lowest BCUT2D eigenvalue weighted by molar-refractivity contribution is 0.0518. The van der Waals surface area contributed by atoms with Crippen LogP contribution in [0.4, 0.5) is 5.82 Å². The van der Waals surface area contributed by atoms with Crippen molar-refractivity contribution in [2.45, 2.75) is 20.4 Å². The maximum absolute atomic E-state index is 11.7. The fourth-order valence-corrected chi connectivity index (χ4v) is 1.98. The molecule has 1 aromatic heterocycles. The van der Waals surface area contributed by atoms with E-state index in [9.17, 15) is 4.79 Å². The smallest absolute Gasteiger partial charge is 0.358 e. The molecular formula is C15H16ClN3O2. The number of anilines is 1. The number of benzene rings is 1. The van der Waals surface area contributed by atoms with E-state index in [4.69, 9.17) is 16.3 Å². The Morgan fingerprint density at radius 3 is 2.67 bits per heavy atom. The molecule has 0 saturated heterocycles. The van der Waals surface area contributed by atoms with Gasteiger partial charge in [0.25, 0.3) is 0 Å². The normalized spacial score (nSPS) is 10.2. The van der Waals surface area contributed by atoms with Gasteiger partial charge < -0.3 is 10.1 Å². The molecule has 1 aromatic carbocycles. The molecular weight excluding hydrogens is 290 g/mol. The van der Waals surface area contributed by atoms with Crippen molar-refractivity contribution >= 4 is 23.4 Å². The van der Waals surface area contributed by atoms with Gasteiger partial charge in [-0.1, -0.05) is 41.9 Å². The summed E-state index contributed by atoms with van der Waals surface area (Å²) in [5.74, 6) is -0.0647. The van der Waals surface area contributed by atoms with E-state index >= 15 is 0 Å². The number of rotatable bonds is 5. The van der Waals surface area contributed by atoms with Gasteiger partial charge >= 0.3 is 5.97 Å². The first-order valence-corrected chi connectivity index (χ1v) is 6.98. The molecule has 0 fully saturated rings. The summed E-state index contributed by atoms with van der Waals surface area (Å²) in [6, 6.07) is 9.86. The molecule has 110 valence electrons. The second-order valence-electron chi connectivity index (χ2n) is 4.36. The average molecular weight is 306 g/mol. The minimum absolute atomic E-state index is 0.145. The number of aryl methyl sites for hydroxylation is 1. The highest BCUT2D eigenvalue weighted by Gasteiger charge is 2.16. The number of nitrogens with one attached hydrogen (secondary N) is 1. The summed E-state index contributed by atoms with van der Waals surface area (Å²) < 4.78 is 4.91. The Morgan fingerprint density at radius 1 is 1.29 bits per heavy atom. The van der Waals surface area contributed by atoms with Crippen LogP contribution in [0.15, 0.2) is 30.3 Å². The summed E-state index contributed by atoms with van der Waals surface area (Å²) in [7, 11) is 0. The molecule has 6 heteroatoms. The van der Waals surface area contributed by atoms with Gasteiger partial charge in [-0.15, -0.1) is 0 Å². The lowest BCUT2D eigenvalue weighted by atomic mass is 10.2. The van der Waals surface area contributed by atoms with Gasteiger partial charge in [0.15, 0.2) is 16.7 Å². The lowest BCUT2D eigenvalue weighted by Crippen LogP contribution is -2.13. The maximum atomic E-state index is 11.7. The highest BCUT2D eigenvalue weighted by molar-refractivity contribution is 6.31. The Morgan fingerprint density at radius 2 is 2.00 bits per heavy atom. The zero-order chi connectivity index (χ0) is 15.2. The van der Waals surface area contributed by atoms with E-state index in [1.54, 1.807) is 13.8 Å².